The van der Waals surface area contributed by atoms with Gasteiger partial charge in [-0.1, -0.05) is 11.6 Å². The van der Waals surface area contributed by atoms with Crippen molar-refractivity contribution in [3.8, 4) is 0 Å². The van der Waals surface area contributed by atoms with Crippen molar-refractivity contribution in [3.63, 3.8) is 0 Å². The van der Waals surface area contributed by atoms with Crippen molar-refractivity contribution in [2.45, 2.75) is 32.7 Å². The van der Waals surface area contributed by atoms with Crippen LogP contribution in [0.1, 0.15) is 26.7 Å². The van der Waals surface area contributed by atoms with Crippen LogP contribution in [0.2, 0.25) is 0 Å². The zero-order valence-corrected chi connectivity index (χ0v) is 11.4. The van der Waals surface area contributed by atoms with Crippen LogP contribution < -0.4 is 10.2 Å². The quantitative estimate of drug-likeness (QED) is 0.827. The number of allylic oxidation sites excluding steroid dienone is 1. The molecule has 1 N–H and O–H groups in total. The normalized spacial score (nSPS) is 16.7. The number of hydrogen-bond donors (Lipinski definition) is 1. The standard InChI is InChI=1S/C15H23N3/c1-13(2)3-10-17-14-6-11-18(12-7-14)15-4-8-16-9-5-15/h3-5,8-9,14,17H,6-7,10-12H2,1-2H3. The molecule has 2 heterocycles. The van der Waals surface area contributed by atoms with Crippen LogP contribution >= 0.6 is 0 Å². The molecule has 0 aromatic carbocycles. The molecule has 0 saturated carbocycles. The van der Waals surface area contributed by atoms with E-state index in [2.05, 4.69) is 47.3 Å². The van der Waals surface area contributed by atoms with E-state index in [1.807, 2.05) is 12.4 Å². The molecule has 3 heteroatoms. The fourth-order valence-electron chi connectivity index (χ4n) is 2.33. The fourth-order valence-corrected chi connectivity index (χ4v) is 2.33. The molecule has 0 unspecified atom stereocenters. The van der Waals surface area contributed by atoms with Gasteiger partial charge in [0.1, 0.15) is 0 Å². The molecule has 1 aromatic heterocycles. The second-order valence-corrected chi connectivity index (χ2v) is 5.16. The largest absolute Gasteiger partial charge is 0.371 e. The van der Waals surface area contributed by atoms with Crippen molar-refractivity contribution in [1.29, 1.82) is 0 Å². The first-order valence-electron chi connectivity index (χ1n) is 6.77. The van der Waals surface area contributed by atoms with Crippen LogP contribution in [-0.2, 0) is 0 Å². The lowest BCUT2D eigenvalue weighted by atomic mass is 10.0. The highest BCUT2D eigenvalue weighted by Gasteiger charge is 2.18. The van der Waals surface area contributed by atoms with Crippen LogP contribution in [0.4, 0.5) is 5.69 Å². The smallest absolute Gasteiger partial charge is 0.0397 e. The molecule has 0 bridgehead atoms. The Morgan fingerprint density at radius 3 is 2.61 bits per heavy atom. The Balaban J connectivity index is 1.76. The van der Waals surface area contributed by atoms with Crippen LogP contribution in [0.3, 0.4) is 0 Å². The van der Waals surface area contributed by atoms with Gasteiger partial charge in [0.15, 0.2) is 0 Å². The highest BCUT2D eigenvalue weighted by molar-refractivity contribution is 5.44. The van der Waals surface area contributed by atoms with E-state index in [-0.39, 0.29) is 0 Å². The summed E-state index contributed by atoms with van der Waals surface area (Å²) in [6, 6.07) is 4.85. The molecule has 0 aliphatic carbocycles. The van der Waals surface area contributed by atoms with Crippen molar-refractivity contribution in [2.75, 3.05) is 24.5 Å². The summed E-state index contributed by atoms with van der Waals surface area (Å²) in [5.41, 5.74) is 2.68. The van der Waals surface area contributed by atoms with Gasteiger partial charge in [0.05, 0.1) is 0 Å². The van der Waals surface area contributed by atoms with E-state index in [1.165, 1.54) is 24.1 Å². The summed E-state index contributed by atoms with van der Waals surface area (Å²) in [5, 5.41) is 3.61. The minimum absolute atomic E-state index is 0.665. The second-order valence-electron chi connectivity index (χ2n) is 5.16. The fraction of sp³-hybridized carbons (Fsp3) is 0.533. The van der Waals surface area contributed by atoms with E-state index in [0.717, 1.165) is 19.6 Å². The first-order valence-corrected chi connectivity index (χ1v) is 6.77. The van der Waals surface area contributed by atoms with Crippen LogP contribution in [-0.4, -0.2) is 30.7 Å². The Kier molecular flexibility index (Phi) is 4.76. The van der Waals surface area contributed by atoms with Crippen LogP contribution in [0, 0.1) is 0 Å². The van der Waals surface area contributed by atoms with E-state index in [0.29, 0.717) is 6.04 Å². The monoisotopic (exact) mass is 245 g/mol. The summed E-state index contributed by atoms with van der Waals surface area (Å²) in [4.78, 5) is 6.51. The molecular formula is C15H23N3. The Hall–Kier alpha value is -1.35. The van der Waals surface area contributed by atoms with Gasteiger partial charge in [0.2, 0.25) is 0 Å². The SMILES string of the molecule is CC(C)=CCNC1CCN(c2ccncc2)CC1. The maximum absolute atomic E-state index is 4.07. The third-order valence-corrected chi connectivity index (χ3v) is 3.44. The van der Waals surface area contributed by atoms with Gasteiger partial charge in [-0.2, -0.15) is 0 Å². The predicted molar refractivity (Wildman–Crippen MR) is 76.9 cm³/mol. The van der Waals surface area contributed by atoms with Crippen LogP contribution in [0.15, 0.2) is 36.2 Å². The van der Waals surface area contributed by atoms with Crippen molar-refractivity contribution < 1.29 is 0 Å². The Morgan fingerprint density at radius 2 is 2.00 bits per heavy atom. The molecule has 98 valence electrons. The van der Waals surface area contributed by atoms with E-state index in [4.69, 9.17) is 0 Å². The van der Waals surface area contributed by atoms with Crippen LogP contribution in [0.5, 0.6) is 0 Å². The summed E-state index contributed by atoms with van der Waals surface area (Å²) < 4.78 is 0. The second kappa shape index (κ2) is 6.55. The number of pyridine rings is 1. The average Bonchev–Trinajstić information content (AvgIpc) is 2.40. The number of nitrogens with zero attached hydrogens (tertiary/aromatic N) is 2. The summed E-state index contributed by atoms with van der Waals surface area (Å²) in [5.74, 6) is 0. The minimum Gasteiger partial charge on any atom is -0.371 e. The zero-order valence-electron chi connectivity index (χ0n) is 11.4. The van der Waals surface area contributed by atoms with Gasteiger partial charge >= 0.3 is 0 Å². The third-order valence-electron chi connectivity index (χ3n) is 3.44. The van der Waals surface area contributed by atoms with E-state index < -0.39 is 0 Å². The van der Waals surface area contributed by atoms with Crippen molar-refractivity contribution in [2.24, 2.45) is 0 Å². The van der Waals surface area contributed by atoms with Gasteiger partial charge in [-0.25, -0.2) is 0 Å². The van der Waals surface area contributed by atoms with Crippen molar-refractivity contribution in [1.82, 2.24) is 10.3 Å². The first kappa shape index (κ1) is 13.1. The van der Waals surface area contributed by atoms with Gasteiger partial charge in [0.25, 0.3) is 0 Å². The number of hydrogen-bond acceptors (Lipinski definition) is 3. The number of aromatic nitrogens is 1. The Bertz CT molecular complexity index is 374. The van der Waals surface area contributed by atoms with Crippen molar-refractivity contribution >= 4 is 5.69 Å². The molecule has 1 aromatic rings. The van der Waals surface area contributed by atoms with Gasteiger partial charge in [-0.15, -0.1) is 0 Å². The van der Waals surface area contributed by atoms with Gasteiger partial charge in [-0.05, 0) is 38.8 Å². The summed E-state index contributed by atoms with van der Waals surface area (Å²) in [7, 11) is 0. The maximum atomic E-state index is 4.07. The first-order chi connectivity index (χ1) is 8.75. The number of piperidine rings is 1. The van der Waals surface area contributed by atoms with Gasteiger partial charge in [-0.3, -0.25) is 4.98 Å². The lowest BCUT2D eigenvalue weighted by Crippen LogP contribution is -2.42. The molecular weight excluding hydrogens is 222 g/mol. The summed E-state index contributed by atoms with van der Waals surface area (Å²) >= 11 is 0. The van der Waals surface area contributed by atoms with Crippen LogP contribution in [0.25, 0.3) is 0 Å². The molecule has 2 rings (SSSR count). The lowest BCUT2D eigenvalue weighted by molar-refractivity contribution is 0.430. The predicted octanol–water partition coefficient (Wildman–Crippen LogP) is 2.61. The molecule has 3 nitrogen and oxygen atoms in total. The highest BCUT2D eigenvalue weighted by atomic mass is 15.1. The van der Waals surface area contributed by atoms with Gasteiger partial charge < -0.3 is 10.2 Å². The lowest BCUT2D eigenvalue weighted by Gasteiger charge is -2.33. The Morgan fingerprint density at radius 1 is 1.33 bits per heavy atom. The number of rotatable bonds is 4. The molecule has 0 amide bonds. The summed E-state index contributed by atoms with van der Waals surface area (Å²) in [6.45, 7) is 7.57. The molecule has 1 saturated heterocycles. The molecule has 18 heavy (non-hydrogen) atoms. The van der Waals surface area contributed by atoms with Gasteiger partial charge in [0, 0.05) is 43.8 Å². The Labute approximate surface area is 110 Å². The number of anilines is 1. The minimum atomic E-state index is 0.665. The van der Waals surface area contributed by atoms with E-state index in [9.17, 15) is 0 Å². The third kappa shape index (κ3) is 3.84. The van der Waals surface area contributed by atoms with E-state index >= 15 is 0 Å². The molecule has 0 atom stereocenters. The topological polar surface area (TPSA) is 28.2 Å². The zero-order chi connectivity index (χ0) is 12.8. The molecule has 1 aliphatic heterocycles. The summed E-state index contributed by atoms with van der Waals surface area (Å²) in [6.07, 6.45) is 8.44. The number of nitrogens with one attached hydrogen (secondary N) is 1. The molecule has 1 fully saturated rings. The van der Waals surface area contributed by atoms with E-state index in [1.54, 1.807) is 0 Å². The van der Waals surface area contributed by atoms with Crippen molar-refractivity contribution in [3.05, 3.63) is 36.2 Å². The highest BCUT2D eigenvalue weighted by Crippen LogP contribution is 2.18. The molecule has 0 spiro atoms. The maximum Gasteiger partial charge on any atom is 0.0397 e. The molecule has 1 aliphatic rings. The molecule has 0 radical (unpaired) electrons. The average molecular weight is 245 g/mol.